The zero-order valence-corrected chi connectivity index (χ0v) is 18.6. The summed E-state index contributed by atoms with van der Waals surface area (Å²) < 4.78 is 5.33. The topological polar surface area (TPSA) is 58.6 Å². The number of carbonyl (C=O) groups is 2. The number of nitrogens with zero attached hydrogens (tertiary/aromatic N) is 1. The summed E-state index contributed by atoms with van der Waals surface area (Å²) in [6.45, 7) is 7.03. The lowest BCUT2D eigenvalue weighted by molar-refractivity contribution is -0.140. The SMILES string of the molecule is CCCCNC(=O)[C@@H](CC)N(Cc1cccc(OC)c1)C(=O)Cc1ccccc1C. The smallest absolute Gasteiger partial charge is 0.242 e. The van der Waals surface area contributed by atoms with Crippen molar-refractivity contribution in [3.8, 4) is 5.75 Å². The van der Waals surface area contributed by atoms with Gasteiger partial charge in [-0.3, -0.25) is 9.59 Å². The number of hydrogen-bond donors (Lipinski definition) is 1. The van der Waals surface area contributed by atoms with E-state index in [1.165, 1.54) is 0 Å². The van der Waals surface area contributed by atoms with Gasteiger partial charge in [-0.1, -0.05) is 56.7 Å². The van der Waals surface area contributed by atoms with Gasteiger partial charge in [0, 0.05) is 13.1 Å². The number of nitrogens with one attached hydrogen (secondary N) is 1. The molecule has 0 spiro atoms. The van der Waals surface area contributed by atoms with Gasteiger partial charge in [0.2, 0.25) is 11.8 Å². The molecule has 2 amide bonds. The Kier molecular flexibility index (Phi) is 9.39. The molecular weight excluding hydrogens is 376 g/mol. The Bertz CT molecular complexity index is 835. The first-order valence-corrected chi connectivity index (χ1v) is 10.7. The minimum absolute atomic E-state index is 0.0513. The second kappa shape index (κ2) is 12.0. The van der Waals surface area contributed by atoms with Crippen LogP contribution in [0.3, 0.4) is 0 Å². The molecule has 0 radical (unpaired) electrons. The number of hydrogen-bond acceptors (Lipinski definition) is 3. The van der Waals surface area contributed by atoms with E-state index in [1.807, 2.05) is 62.4 Å². The summed E-state index contributed by atoms with van der Waals surface area (Å²) >= 11 is 0. The van der Waals surface area contributed by atoms with Crippen molar-refractivity contribution in [1.29, 1.82) is 0 Å². The third-order valence-electron chi connectivity index (χ3n) is 5.31. The highest BCUT2D eigenvalue weighted by Gasteiger charge is 2.28. The van der Waals surface area contributed by atoms with Crippen molar-refractivity contribution in [3.05, 3.63) is 65.2 Å². The van der Waals surface area contributed by atoms with Crippen LogP contribution in [0.5, 0.6) is 5.75 Å². The van der Waals surface area contributed by atoms with Crippen LogP contribution in [0, 0.1) is 6.92 Å². The van der Waals surface area contributed by atoms with Crippen LogP contribution < -0.4 is 10.1 Å². The lowest BCUT2D eigenvalue weighted by atomic mass is 10.0. The molecule has 1 N–H and O–H groups in total. The van der Waals surface area contributed by atoms with Crippen LogP contribution >= 0.6 is 0 Å². The number of rotatable bonds is 11. The van der Waals surface area contributed by atoms with Gasteiger partial charge >= 0.3 is 0 Å². The fourth-order valence-electron chi connectivity index (χ4n) is 3.47. The number of amides is 2. The Morgan fingerprint density at radius 2 is 1.87 bits per heavy atom. The van der Waals surface area contributed by atoms with Crippen LogP contribution in [0.25, 0.3) is 0 Å². The summed E-state index contributed by atoms with van der Waals surface area (Å²) in [5.74, 6) is 0.593. The van der Waals surface area contributed by atoms with Crippen molar-refractivity contribution in [3.63, 3.8) is 0 Å². The number of methoxy groups -OCH3 is 1. The molecule has 0 aliphatic carbocycles. The molecule has 2 rings (SSSR count). The van der Waals surface area contributed by atoms with Gasteiger partial charge in [-0.15, -0.1) is 0 Å². The second-order valence-electron chi connectivity index (χ2n) is 7.55. The largest absolute Gasteiger partial charge is 0.497 e. The first-order chi connectivity index (χ1) is 14.5. The lowest BCUT2D eigenvalue weighted by Gasteiger charge is -2.31. The Morgan fingerprint density at radius 3 is 2.53 bits per heavy atom. The molecule has 30 heavy (non-hydrogen) atoms. The molecule has 0 aliphatic heterocycles. The van der Waals surface area contributed by atoms with Gasteiger partial charge in [-0.2, -0.15) is 0 Å². The Hall–Kier alpha value is -2.82. The van der Waals surface area contributed by atoms with Crippen LogP contribution in [-0.2, 0) is 22.6 Å². The Balaban J connectivity index is 2.28. The molecule has 2 aromatic carbocycles. The summed E-state index contributed by atoms with van der Waals surface area (Å²) in [4.78, 5) is 28.0. The van der Waals surface area contributed by atoms with E-state index >= 15 is 0 Å². The molecule has 0 aromatic heterocycles. The zero-order chi connectivity index (χ0) is 21.9. The van der Waals surface area contributed by atoms with Crippen molar-refractivity contribution in [2.45, 2.75) is 59.0 Å². The summed E-state index contributed by atoms with van der Waals surface area (Å²) in [6, 6.07) is 15.0. The maximum Gasteiger partial charge on any atom is 0.242 e. The highest BCUT2D eigenvalue weighted by atomic mass is 16.5. The van der Waals surface area contributed by atoms with E-state index in [9.17, 15) is 9.59 Å². The molecule has 0 heterocycles. The molecule has 0 bridgehead atoms. The molecule has 5 heteroatoms. The number of benzene rings is 2. The van der Waals surface area contributed by atoms with E-state index in [4.69, 9.17) is 4.74 Å². The van der Waals surface area contributed by atoms with Gasteiger partial charge in [-0.05, 0) is 48.6 Å². The minimum Gasteiger partial charge on any atom is -0.497 e. The van der Waals surface area contributed by atoms with Crippen molar-refractivity contribution >= 4 is 11.8 Å². The highest BCUT2D eigenvalue weighted by Crippen LogP contribution is 2.19. The van der Waals surface area contributed by atoms with E-state index in [0.717, 1.165) is 35.3 Å². The number of carbonyl (C=O) groups excluding carboxylic acids is 2. The first-order valence-electron chi connectivity index (χ1n) is 10.7. The summed E-state index contributed by atoms with van der Waals surface area (Å²) in [6.07, 6.45) is 2.77. The molecule has 0 unspecified atom stereocenters. The molecule has 0 fully saturated rings. The second-order valence-corrected chi connectivity index (χ2v) is 7.55. The maximum atomic E-state index is 13.4. The monoisotopic (exact) mass is 410 g/mol. The van der Waals surface area contributed by atoms with Crippen molar-refractivity contribution < 1.29 is 14.3 Å². The van der Waals surface area contributed by atoms with E-state index in [0.29, 0.717) is 19.5 Å². The van der Waals surface area contributed by atoms with Crippen LogP contribution in [0.2, 0.25) is 0 Å². The quantitative estimate of drug-likeness (QED) is 0.563. The van der Waals surface area contributed by atoms with Crippen LogP contribution in [0.1, 0.15) is 49.8 Å². The van der Waals surface area contributed by atoms with Crippen molar-refractivity contribution in [1.82, 2.24) is 10.2 Å². The zero-order valence-electron chi connectivity index (χ0n) is 18.6. The van der Waals surface area contributed by atoms with Crippen molar-refractivity contribution in [2.24, 2.45) is 0 Å². The summed E-state index contributed by atoms with van der Waals surface area (Å²) in [5, 5.41) is 3.00. The molecule has 0 saturated carbocycles. The molecular formula is C25H34N2O3. The molecule has 0 saturated heterocycles. The van der Waals surface area contributed by atoms with Gasteiger partial charge in [0.15, 0.2) is 0 Å². The van der Waals surface area contributed by atoms with Crippen LogP contribution in [-0.4, -0.2) is 36.4 Å². The van der Waals surface area contributed by atoms with E-state index in [1.54, 1.807) is 12.0 Å². The van der Waals surface area contributed by atoms with Crippen LogP contribution in [0.4, 0.5) is 0 Å². The van der Waals surface area contributed by atoms with E-state index in [2.05, 4.69) is 12.2 Å². The minimum atomic E-state index is -0.510. The molecule has 2 aromatic rings. The first kappa shape index (κ1) is 23.5. The standard InChI is InChI=1S/C25H34N2O3/c1-5-7-15-26-25(29)23(6-2)27(18-20-12-10-14-22(16-20)30-4)24(28)17-21-13-9-8-11-19(21)3/h8-14,16,23H,5-7,15,17-18H2,1-4H3,(H,26,29)/t23-/m1/s1. The molecule has 0 aliphatic rings. The fourth-order valence-corrected chi connectivity index (χ4v) is 3.47. The van der Waals surface area contributed by atoms with Gasteiger partial charge in [0.1, 0.15) is 11.8 Å². The number of aryl methyl sites for hydroxylation is 1. The van der Waals surface area contributed by atoms with E-state index in [-0.39, 0.29) is 18.2 Å². The predicted octanol–water partition coefficient (Wildman–Crippen LogP) is 4.27. The number of ether oxygens (including phenoxy) is 1. The van der Waals surface area contributed by atoms with E-state index < -0.39 is 6.04 Å². The number of unbranched alkanes of at least 4 members (excludes halogenated alkanes) is 1. The Morgan fingerprint density at radius 1 is 1.10 bits per heavy atom. The van der Waals surface area contributed by atoms with Gasteiger partial charge in [0.25, 0.3) is 0 Å². The van der Waals surface area contributed by atoms with Gasteiger partial charge < -0.3 is 15.0 Å². The third kappa shape index (κ3) is 6.61. The van der Waals surface area contributed by atoms with Crippen LogP contribution in [0.15, 0.2) is 48.5 Å². The summed E-state index contributed by atoms with van der Waals surface area (Å²) in [7, 11) is 1.62. The molecule has 162 valence electrons. The average molecular weight is 411 g/mol. The third-order valence-corrected chi connectivity index (χ3v) is 5.31. The highest BCUT2D eigenvalue weighted by molar-refractivity contribution is 5.88. The Labute approximate surface area is 180 Å². The van der Waals surface area contributed by atoms with Crippen molar-refractivity contribution in [2.75, 3.05) is 13.7 Å². The summed E-state index contributed by atoms with van der Waals surface area (Å²) in [5.41, 5.74) is 3.00. The predicted molar refractivity (Wildman–Crippen MR) is 120 cm³/mol. The molecule has 5 nitrogen and oxygen atoms in total. The lowest BCUT2D eigenvalue weighted by Crippen LogP contribution is -2.49. The molecule has 1 atom stereocenters. The fraction of sp³-hybridized carbons (Fsp3) is 0.440. The normalized spacial score (nSPS) is 11.6. The average Bonchev–Trinajstić information content (AvgIpc) is 2.75. The maximum absolute atomic E-state index is 13.4. The van der Waals surface area contributed by atoms with Gasteiger partial charge in [-0.25, -0.2) is 0 Å². The van der Waals surface area contributed by atoms with Gasteiger partial charge in [0.05, 0.1) is 13.5 Å².